The molecule has 2 rings (SSSR count). The van der Waals surface area contributed by atoms with Gasteiger partial charge < -0.3 is 20.5 Å². The van der Waals surface area contributed by atoms with Crippen LogP contribution in [-0.2, 0) is 9.53 Å². The topological polar surface area (TPSA) is 87.7 Å². The van der Waals surface area contributed by atoms with Crippen molar-refractivity contribution >= 4 is 51.9 Å². The number of carboxylic acid groups (broad SMARTS) is 1. The first-order valence-corrected chi connectivity index (χ1v) is 7.24. The first kappa shape index (κ1) is 15.3. The maximum Gasteiger partial charge on any atom is 0.332 e. The molecular weight excluding hydrogens is 398 g/mol. The van der Waals surface area contributed by atoms with Crippen molar-refractivity contribution in [2.45, 2.75) is 12.0 Å². The minimum Gasteiger partial charge on any atom is -0.479 e. The molecule has 0 radical (unpaired) electrons. The molecule has 1 fully saturated rings. The van der Waals surface area contributed by atoms with E-state index in [2.05, 4.69) is 10.6 Å². The number of hydrogen-bond acceptors (Lipinski definition) is 3. The Hall–Kier alpha value is -1.06. The summed E-state index contributed by atoms with van der Waals surface area (Å²) in [6.07, 6.45) is 0.244. The van der Waals surface area contributed by atoms with Crippen molar-refractivity contribution in [1.29, 1.82) is 0 Å². The number of anilines is 1. The van der Waals surface area contributed by atoms with Crippen LogP contribution >= 0.6 is 34.2 Å². The van der Waals surface area contributed by atoms with E-state index in [4.69, 9.17) is 16.3 Å². The third kappa shape index (κ3) is 3.33. The van der Waals surface area contributed by atoms with Crippen molar-refractivity contribution < 1.29 is 19.4 Å². The van der Waals surface area contributed by atoms with Crippen molar-refractivity contribution in [1.82, 2.24) is 5.32 Å². The van der Waals surface area contributed by atoms with Gasteiger partial charge in [-0.3, -0.25) is 0 Å². The van der Waals surface area contributed by atoms with Crippen LogP contribution in [0, 0.1) is 3.57 Å². The van der Waals surface area contributed by atoms with Gasteiger partial charge in [-0.2, -0.15) is 0 Å². The molecule has 6 nitrogen and oxygen atoms in total. The summed E-state index contributed by atoms with van der Waals surface area (Å²) in [6.45, 7) is 0.276. The zero-order chi connectivity index (χ0) is 14.8. The number of halogens is 2. The van der Waals surface area contributed by atoms with Gasteiger partial charge in [0.05, 0.1) is 12.3 Å². The average Bonchev–Trinajstić information content (AvgIpc) is 2.82. The molecule has 0 saturated carbocycles. The lowest BCUT2D eigenvalue weighted by Crippen LogP contribution is -2.56. The van der Waals surface area contributed by atoms with E-state index in [0.717, 1.165) is 3.57 Å². The second kappa shape index (κ2) is 6.15. The molecule has 0 spiro atoms. The predicted molar refractivity (Wildman–Crippen MR) is 82.1 cm³/mol. The average molecular weight is 411 g/mol. The van der Waals surface area contributed by atoms with Gasteiger partial charge >= 0.3 is 12.0 Å². The van der Waals surface area contributed by atoms with E-state index >= 15 is 0 Å². The Morgan fingerprint density at radius 3 is 2.75 bits per heavy atom. The highest BCUT2D eigenvalue weighted by molar-refractivity contribution is 14.1. The van der Waals surface area contributed by atoms with Gasteiger partial charge in [-0.25, -0.2) is 9.59 Å². The summed E-state index contributed by atoms with van der Waals surface area (Å²) >= 11 is 7.86. The summed E-state index contributed by atoms with van der Waals surface area (Å²) in [6, 6.07) is 4.41. The molecule has 1 heterocycles. The zero-order valence-electron chi connectivity index (χ0n) is 10.3. The van der Waals surface area contributed by atoms with Gasteiger partial charge in [0, 0.05) is 21.6 Å². The van der Waals surface area contributed by atoms with Gasteiger partial charge in [0.25, 0.3) is 0 Å². The van der Waals surface area contributed by atoms with Gasteiger partial charge in [0.15, 0.2) is 5.54 Å². The number of benzene rings is 1. The molecule has 1 atom stereocenters. The van der Waals surface area contributed by atoms with Crippen LogP contribution in [0.2, 0.25) is 5.02 Å². The van der Waals surface area contributed by atoms with Gasteiger partial charge in [-0.1, -0.05) is 11.6 Å². The van der Waals surface area contributed by atoms with E-state index in [1.807, 2.05) is 22.6 Å². The summed E-state index contributed by atoms with van der Waals surface area (Å²) in [7, 11) is 0. The molecule has 3 N–H and O–H groups in total. The van der Waals surface area contributed by atoms with Crippen LogP contribution in [0.15, 0.2) is 18.2 Å². The van der Waals surface area contributed by atoms with Crippen molar-refractivity contribution in [3.8, 4) is 0 Å². The fourth-order valence-corrected chi connectivity index (χ4v) is 2.85. The number of aliphatic carboxylic acids is 1. The zero-order valence-corrected chi connectivity index (χ0v) is 13.2. The summed E-state index contributed by atoms with van der Waals surface area (Å²) in [4.78, 5) is 23.2. The molecule has 20 heavy (non-hydrogen) atoms. The highest BCUT2D eigenvalue weighted by atomic mass is 127. The van der Waals surface area contributed by atoms with E-state index in [1.54, 1.807) is 18.2 Å². The molecule has 1 saturated heterocycles. The number of nitrogens with one attached hydrogen (secondary N) is 2. The monoisotopic (exact) mass is 410 g/mol. The summed E-state index contributed by atoms with van der Waals surface area (Å²) < 4.78 is 5.83. The molecular formula is C12H12ClIN2O4. The van der Waals surface area contributed by atoms with Gasteiger partial charge in [0.2, 0.25) is 0 Å². The lowest BCUT2D eigenvalue weighted by molar-refractivity contribution is -0.144. The van der Waals surface area contributed by atoms with E-state index in [-0.39, 0.29) is 13.0 Å². The van der Waals surface area contributed by atoms with Crippen LogP contribution in [-0.4, -0.2) is 35.9 Å². The number of hydrogen-bond donors (Lipinski definition) is 3. The molecule has 2 amide bonds. The Morgan fingerprint density at radius 1 is 1.45 bits per heavy atom. The van der Waals surface area contributed by atoms with Gasteiger partial charge in [-0.15, -0.1) is 0 Å². The quantitative estimate of drug-likeness (QED) is 0.668. The fraction of sp³-hybridized carbons (Fsp3) is 0.333. The first-order chi connectivity index (χ1) is 9.43. The molecule has 1 unspecified atom stereocenters. The van der Waals surface area contributed by atoms with E-state index in [0.29, 0.717) is 17.3 Å². The third-order valence-corrected chi connectivity index (χ3v) is 4.09. The Morgan fingerprint density at radius 2 is 2.20 bits per heavy atom. The van der Waals surface area contributed by atoms with Crippen molar-refractivity contribution in [3.05, 3.63) is 26.8 Å². The van der Waals surface area contributed by atoms with Crippen molar-refractivity contribution in [3.63, 3.8) is 0 Å². The summed E-state index contributed by atoms with van der Waals surface area (Å²) in [5.41, 5.74) is -0.797. The highest BCUT2D eigenvalue weighted by Gasteiger charge is 2.44. The van der Waals surface area contributed by atoms with Crippen LogP contribution < -0.4 is 10.6 Å². The number of carboxylic acids is 1. The molecule has 0 aromatic heterocycles. The number of carbonyl (C=O) groups excluding carboxylic acids is 1. The largest absolute Gasteiger partial charge is 0.479 e. The minimum absolute atomic E-state index is 0.0343. The molecule has 8 heteroatoms. The van der Waals surface area contributed by atoms with Crippen molar-refractivity contribution in [2.24, 2.45) is 0 Å². The Kier molecular flexibility index (Phi) is 4.71. The fourth-order valence-electron chi connectivity index (χ4n) is 1.85. The molecule has 1 aliphatic heterocycles. The standard InChI is InChI=1S/C12H12ClIN2O4/c13-7-1-2-9(8(14)5-7)15-11(19)16-12(10(17)18)3-4-20-6-12/h1-2,5H,3-4,6H2,(H,17,18)(H2,15,16,19). The molecule has 1 aliphatic rings. The highest BCUT2D eigenvalue weighted by Crippen LogP contribution is 2.23. The molecule has 0 bridgehead atoms. The summed E-state index contributed by atoms with van der Waals surface area (Å²) in [5.74, 6) is -1.10. The Labute approximate surface area is 134 Å². The molecule has 1 aromatic carbocycles. The smallest absolute Gasteiger partial charge is 0.332 e. The Bertz CT molecular complexity index is 546. The first-order valence-electron chi connectivity index (χ1n) is 5.78. The van der Waals surface area contributed by atoms with Crippen LogP contribution in [0.5, 0.6) is 0 Å². The van der Waals surface area contributed by atoms with Crippen molar-refractivity contribution in [2.75, 3.05) is 18.5 Å². The third-order valence-electron chi connectivity index (χ3n) is 2.96. The van der Waals surface area contributed by atoms with E-state index < -0.39 is 17.5 Å². The number of ether oxygens (including phenoxy) is 1. The summed E-state index contributed by atoms with van der Waals surface area (Å²) in [5, 5.41) is 14.9. The van der Waals surface area contributed by atoms with Crippen LogP contribution in [0.3, 0.4) is 0 Å². The van der Waals surface area contributed by atoms with Crippen LogP contribution in [0.1, 0.15) is 6.42 Å². The number of urea groups is 1. The lowest BCUT2D eigenvalue weighted by atomic mass is 9.99. The minimum atomic E-state index is -1.36. The predicted octanol–water partition coefficient (Wildman–Crippen LogP) is 2.31. The number of amides is 2. The van der Waals surface area contributed by atoms with Crippen LogP contribution in [0.25, 0.3) is 0 Å². The maximum atomic E-state index is 11.9. The number of rotatable bonds is 3. The molecule has 0 aliphatic carbocycles. The van der Waals surface area contributed by atoms with Crippen LogP contribution in [0.4, 0.5) is 10.5 Å². The second-order valence-electron chi connectivity index (χ2n) is 4.39. The maximum absolute atomic E-state index is 11.9. The normalized spacial score (nSPS) is 21.5. The molecule has 1 aromatic rings. The second-order valence-corrected chi connectivity index (χ2v) is 5.99. The van der Waals surface area contributed by atoms with Gasteiger partial charge in [-0.05, 0) is 40.8 Å². The number of carbonyl (C=O) groups is 2. The SMILES string of the molecule is O=C(Nc1ccc(Cl)cc1I)NC1(C(=O)O)CCOC1. The van der Waals surface area contributed by atoms with E-state index in [9.17, 15) is 14.7 Å². The molecule has 108 valence electrons. The lowest BCUT2D eigenvalue weighted by Gasteiger charge is -2.24. The Balaban J connectivity index is 2.07. The van der Waals surface area contributed by atoms with E-state index in [1.165, 1.54) is 0 Å². The van der Waals surface area contributed by atoms with Gasteiger partial charge in [0.1, 0.15) is 0 Å².